The van der Waals surface area contributed by atoms with Crippen molar-refractivity contribution in [3.63, 3.8) is 0 Å². The quantitative estimate of drug-likeness (QED) is 0.214. The van der Waals surface area contributed by atoms with Gasteiger partial charge in [-0.3, -0.25) is 0 Å². The molecule has 0 unspecified atom stereocenters. The SMILES string of the molecule is CN1C(=C(C(=O)c2ccccc2)C(=O)c2ccccc2)[Se]c2ccccc21. The van der Waals surface area contributed by atoms with E-state index in [1.807, 2.05) is 66.5 Å². The molecular formula is C23H17NO2Se. The molecule has 0 saturated heterocycles. The maximum absolute atomic E-state index is 13.3. The summed E-state index contributed by atoms with van der Waals surface area (Å²) in [6.45, 7) is 0. The summed E-state index contributed by atoms with van der Waals surface area (Å²) in [5.41, 5.74) is 2.40. The Morgan fingerprint density at radius 1 is 0.704 bits per heavy atom. The fraction of sp³-hybridized carbons (Fsp3) is 0.0435. The number of hydrogen-bond donors (Lipinski definition) is 0. The first-order valence-electron chi connectivity index (χ1n) is 8.61. The third-order valence-corrected chi connectivity index (χ3v) is 7.07. The first-order valence-corrected chi connectivity index (χ1v) is 10.3. The number of rotatable bonds is 4. The molecule has 132 valence electrons. The second-order valence-corrected chi connectivity index (χ2v) is 8.36. The molecule has 3 nitrogen and oxygen atoms in total. The molecule has 0 saturated carbocycles. The summed E-state index contributed by atoms with van der Waals surface area (Å²) in [4.78, 5) is 28.7. The van der Waals surface area contributed by atoms with Gasteiger partial charge in [0.1, 0.15) is 0 Å². The van der Waals surface area contributed by atoms with Crippen LogP contribution in [0.15, 0.2) is 95.1 Å². The summed E-state index contributed by atoms with van der Waals surface area (Å²) in [5.74, 6) is -0.443. The van der Waals surface area contributed by atoms with E-state index in [4.69, 9.17) is 0 Å². The first-order chi connectivity index (χ1) is 13.2. The van der Waals surface area contributed by atoms with E-state index >= 15 is 0 Å². The molecule has 3 aromatic rings. The normalized spacial score (nSPS) is 12.6. The third-order valence-electron chi connectivity index (χ3n) is 4.48. The van der Waals surface area contributed by atoms with Crippen molar-refractivity contribution >= 4 is 36.7 Å². The second-order valence-electron chi connectivity index (χ2n) is 6.20. The summed E-state index contributed by atoms with van der Waals surface area (Å²) < 4.78 is 1.99. The van der Waals surface area contributed by atoms with Crippen molar-refractivity contribution in [1.29, 1.82) is 0 Å². The number of hydrogen-bond acceptors (Lipinski definition) is 3. The van der Waals surface area contributed by atoms with Crippen LogP contribution in [0.1, 0.15) is 20.7 Å². The molecule has 0 fully saturated rings. The van der Waals surface area contributed by atoms with E-state index in [1.165, 1.54) is 4.46 Å². The molecule has 0 spiro atoms. The first kappa shape index (κ1) is 17.5. The van der Waals surface area contributed by atoms with Crippen molar-refractivity contribution in [2.45, 2.75) is 0 Å². The standard InChI is InChI=1S/C23H17NO2Se/c1-24-18-14-8-9-15-19(18)27-23(24)20(21(25)16-10-4-2-5-11-16)22(26)17-12-6-3-7-13-17/h2-15H,1H3. The molecule has 1 aliphatic rings. The number of anilines is 1. The number of fused-ring (bicyclic) bond motifs is 1. The van der Waals surface area contributed by atoms with Crippen molar-refractivity contribution in [2.75, 3.05) is 11.9 Å². The van der Waals surface area contributed by atoms with Crippen molar-refractivity contribution in [1.82, 2.24) is 0 Å². The molecule has 27 heavy (non-hydrogen) atoms. The Kier molecular flexibility index (Phi) is 4.76. The molecule has 4 rings (SSSR count). The molecule has 0 bridgehead atoms. The van der Waals surface area contributed by atoms with E-state index in [-0.39, 0.29) is 32.1 Å². The minimum absolute atomic E-state index is 0.102. The number of Topliss-reactive ketones (excluding diaryl/α,β-unsaturated/α-hetero) is 2. The Morgan fingerprint density at radius 2 is 1.19 bits per heavy atom. The van der Waals surface area contributed by atoms with Crippen LogP contribution < -0.4 is 9.36 Å². The van der Waals surface area contributed by atoms with Gasteiger partial charge in [0.25, 0.3) is 0 Å². The van der Waals surface area contributed by atoms with E-state index in [9.17, 15) is 9.59 Å². The van der Waals surface area contributed by atoms with Gasteiger partial charge in [-0.1, -0.05) is 0 Å². The van der Waals surface area contributed by atoms with Crippen LogP contribution in [0.2, 0.25) is 0 Å². The maximum atomic E-state index is 13.3. The second kappa shape index (κ2) is 7.36. The van der Waals surface area contributed by atoms with E-state index in [0.29, 0.717) is 11.1 Å². The predicted octanol–water partition coefficient (Wildman–Crippen LogP) is 3.44. The van der Waals surface area contributed by atoms with Crippen LogP contribution in [0.25, 0.3) is 0 Å². The van der Waals surface area contributed by atoms with Crippen LogP contribution in [0.4, 0.5) is 5.69 Å². The van der Waals surface area contributed by atoms with Gasteiger partial charge in [0.2, 0.25) is 0 Å². The molecule has 0 aliphatic carbocycles. The van der Waals surface area contributed by atoms with Crippen LogP contribution in [0, 0.1) is 0 Å². The average Bonchev–Trinajstić information content (AvgIpc) is 3.06. The number of carbonyl (C=O) groups excluding carboxylic acids is 2. The number of benzene rings is 3. The van der Waals surface area contributed by atoms with Crippen molar-refractivity contribution in [3.8, 4) is 0 Å². The van der Waals surface area contributed by atoms with Gasteiger partial charge in [0.05, 0.1) is 0 Å². The van der Waals surface area contributed by atoms with Crippen molar-refractivity contribution in [3.05, 3.63) is 106 Å². The van der Waals surface area contributed by atoms with E-state index in [2.05, 4.69) is 6.07 Å². The molecule has 4 heteroatoms. The number of allylic oxidation sites excluding steroid dienone is 1. The topological polar surface area (TPSA) is 37.4 Å². The number of para-hydroxylation sites is 1. The Hall–Kier alpha value is -2.94. The van der Waals surface area contributed by atoms with E-state index in [1.54, 1.807) is 24.3 Å². The van der Waals surface area contributed by atoms with Gasteiger partial charge in [-0.15, -0.1) is 0 Å². The number of ketones is 2. The zero-order valence-electron chi connectivity index (χ0n) is 14.8. The summed E-state index contributed by atoms with van der Waals surface area (Å²) >= 11 is -0.102. The summed E-state index contributed by atoms with van der Waals surface area (Å²) in [6, 6.07) is 26.1. The zero-order valence-corrected chi connectivity index (χ0v) is 16.5. The van der Waals surface area contributed by atoms with Crippen molar-refractivity contribution in [2.24, 2.45) is 0 Å². The fourth-order valence-corrected chi connectivity index (χ4v) is 5.58. The Balaban J connectivity index is 1.87. The van der Waals surface area contributed by atoms with Gasteiger partial charge >= 0.3 is 164 Å². The number of nitrogens with zero attached hydrogens (tertiary/aromatic N) is 1. The predicted molar refractivity (Wildman–Crippen MR) is 109 cm³/mol. The molecular weight excluding hydrogens is 401 g/mol. The van der Waals surface area contributed by atoms with Gasteiger partial charge in [-0.25, -0.2) is 0 Å². The monoisotopic (exact) mass is 419 g/mol. The molecule has 1 heterocycles. The Labute approximate surface area is 164 Å². The van der Waals surface area contributed by atoms with Gasteiger partial charge in [-0.2, -0.15) is 0 Å². The third kappa shape index (κ3) is 3.25. The van der Waals surface area contributed by atoms with E-state index < -0.39 is 0 Å². The van der Waals surface area contributed by atoms with Crippen LogP contribution in [0.5, 0.6) is 0 Å². The molecule has 0 aromatic heterocycles. The van der Waals surface area contributed by atoms with Gasteiger partial charge < -0.3 is 0 Å². The zero-order chi connectivity index (χ0) is 18.8. The summed E-state index contributed by atoms with van der Waals surface area (Å²) in [5, 5.41) is 0. The summed E-state index contributed by atoms with van der Waals surface area (Å²) in [6.07, 6.45) is 0. The Morgan fingerprint density at radius 3 is 1.70 bits per heavy atom. The fourth-order valence-electron chi connectivity index (χ4n) is 3.09. The molecule has 0 N–H and O–H groups in total. The van der Waals surface area contributed by atoms with Crippen LogP contribution in [-0.4, -0.2) is 33.6 Å². The minimum atomic E-state index is -0.221. The molecule has 3 aromatic carbocycles. The molecule has 1 aliphatic heterocycles. The number of carbonyl (C=O) groups is 2. The van der Waals surface area contributed by atoms with Crippen molar-refractivity contribution < 1.29 is 9.59 Å². The van der Waals surface area contributed by atoms with Gasteiger partial charge in [0, 0.05) is 0 Å². The molecule has 0 atom stereocenters. The molecule has 0 radical (unpaired) electrons. The van der Waals surface area contributed by atoms with Crippen LogP contribution in [0.3, 0.4) is 0 Å². The van der Waals surface area contributed by atoms with Gasteiger partial charge in [-0.05, 0) is 0 Å². The van der Waals surface area contributed by atoms with Gasteiger partial charge in [0.15, 0.2) is 0 Å². The average molecular weight is 418 g/mol. The Bertz CT molecular complexity index is 989. The summed E-state index contributed by atoms with van der Waals surface area (Å²) in [7, 11) is 1.93. The van der Waals surface area contributed by atoms with Crippen LogP contribution in [-0.2, 0) is 0 Å². The molecule has 0 amide bonds. The van der Waals surface area contributed by atoms with Crippen LogP contribution >= 0.6 is 0 Å². The van der Waals surface area contributed by atoms with E-state index in [0.717, 1.165) is 10.3 Å².